The lowest BCUT2D eigenvalue weighted by Crippen LogP contribution is -2.43. The fraction of sp³-hybridized carbons (Fsp3) is 0.571. The Kier molecular flexibility index (Phi) is 4.28. The molecule has 0 saturated carbocycles. The summed E-state index contributed by atoms with van der Waals surface area (Å²) >= 11 is 0. The molecule has 2 aliphatic heterocycles. The number of rotatable bonds is 4. The van der Waals surface area contributed by atoms with E-state index in [-0.39, 0.29) is 30.4 Å². The predicted molar refractivity (Wildman–Crippen MR) is 86.7 cm³/mol. The first-order valence-electron chi connectivity index (χ1n) is 7.85. The highest BCUT2D eigenvalue weighted by molar-refractivity contribution is 5.79. The van der Waals surface area contributed by atoms with Crippen LogP contribution in [0.25, 0.3) is 0 Å². The van der Waals surface area contributed by atoms with Gasteiger partial charge < -0.3 is 26.0 Å². The third-order valence-electron chi connectivity index (χ3n) is 4.38. The lowest BCUT2D eigenvalue weighted by atomic mass is 9.98. The molecule has 0 aliphatic carbocycles. The lowest BCUT2D eigenvalue weighted by molar-refractivity contribution is -0.145. The number of hydrogen-bond acceptors (Lipinski definition) is 7. The maximum absolute atomic E-state index is 12.3. The molecule has 10 nitrogen and oxygen atoms in total. The molecule has 1 saturated heterocycles. The monoisotopic (exact) mass is 336 g/mol. The van der Waals surface area contributed by atoms with Crippen LogP contribution in [0.2, 0.25) is 0 Å². The zero-order valence-corrected chi connectivity index (χ0v) is 13.1. The van der Waals surface area contributed by atoms with Crippen molar-refractivity contribution in [3.8, 4) is 0 Å². The molecular weight excluding hydrogens is 316 g/mol. The van der Waals surface area contributed by atoms with Gasteiger partial charge in [-0.15, -0.1) is 0 Å². The molecule has 10 heteroatoms. The van der Waals surface area contributed by atoms with Crippen LogP contribution < -0.4 is 21.5 Å². The summed E-state index contributed by atoms with van der Waals surface area (Å²) in [7, 11) is 0. The van der Waals surface area contributed by atoms with E-state index < -0.39 is 11.9 Å². The largest absolute Gasteiger partial charge is 0.481 e. The number of carbonyl (C=O) groups excluding carboxylic acids is 1. The SMILES string of the molecule is Nc1nc2c(c(=O)[nH]1)NCN2CCC(=O)N1CCCC(C(=O)O)C1. The van der Waals surface area contributed by atoms with Crippen LogP contribution in [-0.2, 0) is 9.59 Å². The Bertz CT molecular complexity index is 718. The second-order valence-corrected chi connectivity index (χ2v) is 6.02. The van der Waals surface area contributed by atoms with Crippen molar-refractivity contribution in [1.82, 2.24) is 14.9 Å². The van der Waals surface area contributed by atoms with Gasteiger partial charge in [0.25, 0.3) is 5.56 Å². The van der Waals surface area contributed by atoms with Gasteiger partial charge in [0.2, 0.25) is 11.9 Å². The van der Waals surface area contributed by atoms with E-state index in [0.29, 0.717) is 44.1 Å². The third-order valence-corrected chi connectivity index (χ3v) is 4.38. The number of aromatic nitrogens is 2. The molecule has 0 bridgehead atoms. The summed E-state index contributed by atoms with van der Waals surface area (Å²) in [5, 5.41) is 12.0. The van der Waals surface area contributed by atoms with Crippen LogP contribution >= 0.6 is 0 Å². The number of aromatic amines is 1. The average molecular weight is 336 g/mol. The van der Waals surface area contributed by atoms with E-state index in [1.807, 2.05) is 0 Å². The summed E-state index contributed by atoms with van der Waals surface area (Å²) in [5.41, 5.74) is 5.57. The molecule has 24 heavy (non-hydrogen) atoms. The van der Waals surface area contributed by atoms with Crippen LogP contribution in [0.3, 0.4) is 0 Å². The number of hydrogen-bond donors (Lipinski definition) is 4. The number of nitrogen functional groups attached to an aromatic ring is 1. The number of nitrogens with zero attached hydrogens (tertiary/aromatic N) is 3. The normalized spacial score (nSPS) is 19.8. The molecule has 1 aromatic rings. The zero-order chi connectivity index (χ0) is 17.3. The molecule has 3 rings (SSSR count). The number of nitrogens with two attached hydrogens (primary N) is 1. The molecule has 2 aliphatic rings. The third kappa shape index (κ3) is 3.12. The second-order valence-electron chi connectivity index (χ2n) is 6.02. The van der Waals surface area contributed by atoms with E-state index >= 15 is 0 Å². The highest BCUT2D eigenvalue weighted by Gasteiger charge is 2.29. The van der Waals surface area contributed by atoms with Gasteiger partial charge in [0.05, 0.1) is 12.6 Å². The number of amides is 1. The van der Waals surface area contributed by atoms with Crippen LogP contribution in [0.15, 0.2) is 4.79 Å². The van der Waals surface area contributed by atoms with Gasteiger partial charge in [0.15, 0.2) is 5.82 Å². The van der Waals surface area contributed by atoms with Gasteiger partial charge in [0, 0.05) is 26.1 Å². The van der Waals surface area contributed by atoms with Crippen LogP contribution in [0.1, 0.15) is 19.3 Å². The van der Waals surface area contributed by atoms with Crippen molar-refractivity contribution < 1.29 is 14.7 Å². The van der Waals surface area contributed by atoms with Gasteiger partial charge in [-0.2, -0.15) is 4.98 Å². The lowest BCUT2D eigenvalue weighted by Gasteiger charge is -2.31. The number of carboxylic acid groups (broad SMARTS) is 1. The fourth-order valence-corrected chi connectivity index (χ4v) is 3.09. The minimum absolute atomic E-state index is 0.0270. The predicted octanol–water partition coefficient (Wildman–Crippen LogP) is -0.745. The summed E-state index contributed by atoms with van der Waals surface area (Å²) in [6.07, 6.45) is 1.53. The number of fused-ring (bicyclic) bond motifs is 1. The zero-order valence-electron chi connectivity index (χ0n) is 13.1. The van der Waals surface area contributed by atoms with E-state index in [0.717, 1.165) is 0 Å². The van der Waals surface area contributed by atoms with Crippen LogP contribution in [-0.4, -0.2) is 58.2 Å². The molecule has 5 N–H and O–H groups in total. The van der Waals surface area contributed by atoms with E-state index in [1.54, 1.807) is 9.80 Å². The molecule has 0 aromatic carbocycles. The Morgan fingerprint density at radius 3 is 2.96 bits per heavy atom. The van der Waals surface area contributed by atoms with Crippen molar-refractivity contribution in [2.45, 2.75) is 19.3 Å². The van der Waals surface area contributed by atoms with Gasteiger partial charge in [-0.05, 0) is 12.8 Å². The Labute approximate surface area is 137 Å². The van der Waals surface area contributed by atoms with Crippen LogP contribution in [0.5, 0.6) is 0 Å². The smallest absolute Gasteiger partial charge is 0.308 e. The van der Waals surface area contributed by atoms with E-state index in [4.69, 9.17) is 10.8 Å². The number of carboxylic acids is 1. The fourth-order valence-electron chi connectivity index (χ4n) is 3.09. The van der Waals surface area contributed by atoms with E-state index in [2.05, 4.69) is 15.3 Å². The summed E-state index contributed by atoms with van der Waals surface area (Å²) in [5.74, 6) is -0.974. The first-order valence-corrected chi connectivity index (χ1v) is 7.85. The Hall–Kier alpha value is -2.78. The van der Waals surface area contributed by atoms with Crippen molar-refractivity contribution in [2.24, 2.45) is 5.92 Å². The highest BCUT2D eigenvalue weighted by Crippen LogP contribution is 2.25. The van der Waals surface area contributed by atoms with Gasteiger partial charge in [-0.25, -0.2) is 0 Å². The van der Waals surface area contributed by atoms with E-state index in [1.165, 1.54) is 0 Å². The minimum Gasteiger partial charge on any atom is -0.481 e. The Morgan fingerprint density at radius 2 is 2.21 bits per heavy atom. The molecule has 130 valence electrons. The number of anilines is 3. The van der Waals surface area contributed by atoms with E-state index in [9.17, 15) is 14.4 Å². The van der Waals surface area contributed by atoms with Crippen molar-refractivity contribution in [3.63, 3.8) is 0 Å². The van der Waals surface area contributed by atoms with Gasteiger partial charge in [-0.3, -0.25) is 19.4 Å². The standard InChI is InChI=1S/C14H20N6O4/c15-14-17-11-10(12(22)18-14)16-7-20(11)5-3-9(21)19-4-1-2-8(6-19)13(23)24/h8,16H,1-7H2,(H,23,24)(H3,15,17,18,22). The topological polar surface area (TPSA) is 145 Å². The summed E-state index contributed by atoms with van der Waals surface area (Å²) in [6, 6.07) is 0. The highest BCUT2D eigenvalue weighted by atomic mass is 16.4. The number of likely N-dealkylation sites (tertiary alicyclic amines) is 1. The first kappa shape index (κ1) is 16.1. The molecule has 3 heterocycles. The van der Waals surface area contributed by atoms with Gasteiger partial charge in [-0.1, -0.05) is 0 Å². The molecule has 1 unspecified atom stereocenters. The second kappa shape index (κ2) is 6.38. The summed E-state index contributed by atoms with van der Waals surface area (Å²) in [4.78, 5) is 45.1. The maximum atomic E-state index is 12.3. The van der Waals surface area contributed by atoms with Crippen molar-refractivity contribution in [2.75, 3.05) is 42.3 Å². The number of carbonyl (C=O) groups is 2. The first-order chi connectivity index (χ1) is 11.5. The Morgan fingerprint density at radius 1 is 1.42 bits per heavy atom. The minimum atomic E-state index is -0.857. The molecular formula is C14H20N6O4. The van der Waals surface area contributed by atoms with Crippen LogP contribution in [0.4, 0.5) is 17.5 Å². The quantitative estimate of drug-likeness (QED) is 0.562. The number of piperidine rings is 1. The average Bonchev–Trinajstić information content (AvgIpc) is 2.96. The molecule has 0 spiro atoms. The van der Waals surface area contributed by atoms with Crippen LogP contribution in [0, 0.1) is 5.92 Å². The van der Waals surface area contributed by atoms with Gasteiger partial charge >= 0.3 is 5.97 Å². The molecule has 1 amide bonds. The van der Waals surface area contributed by atoms with Gasteiger partial charge in [0.1, 0.15) is 5.69 Å². The maximum Gasteiger partial charge on any atom is 0.308 e. The number of nitrogens with one attached hydrogen (secondary N) is 2. The Balaban J connectivity index is 1.60. The van der Waals surface area contributed by atoms with Crippen molar-refractivity contribution in [3.05, 3.63) is 10.4 Å². The molecule has 1 aromatic heterocycles. The molecule has 1 atom stereocenters. The molecule has 1 fully saturated rings. The number of H-pyrrole nitrogens is 1. The summed E-state index contributed by atoms with van der Waals surface area (Å²) < 4.78 is 0. The van der Waals surface area contributed by atoms with Crippen molar-refractivity contribution in [1.29, 1.82) is 0 Å². The number of aliphatic carboxylic acids is 1. The van der Waals surface area contributed by atoms with Crippen molar-refractivity contribution >= 4 is 29.3 Å². The molecule has 0 radical (unpaired) electrons. The summed E-state index contributed by atoms with van der Waals surface area (Å²) in [6.45, 7) is 1.60.